The number of hydrogen-bond acceptors (Lipinski definition) is 7. The fourth-order valence-electron chi connectivity index (χ4n) is 3.56. The van der Waals surface area contributed by atoms with Crippen molar-refractivity contribution in [1.82, 2.24) is 4.90 Å². The summed E-state index contributed by atoms with van der Waals surface area (Å²) in [6.45, 7) is 8.95. The average molecular weight is 528 g/mol. The van der Waals surface area contributed by atoms with E-state index in [0.717, 1.165) is 5.56 Å². The van der Waals surface area contributed by atoms with Gasteiger partial charge < -0.3 is 24.1 Å². The minimum absolute atomic E-state index is 0.0367. The van der Waals surface area contributed by atoms with E-state index in [2.05, 4.69) is 6.58 Å². The first-order valence-corrected chi connectivity index (χ1v) is 12.4. The lowest BCUT2D eigenvalue weighted by Crippen LogP contribution is -2.48. The smallest absolute Gasteiger partial charge is 0.411 e. The summed E-state index contributed by atoms with van der Waals surface area (Å²) in [5.74, 6) is -0.569. The summed E-state index contributed by atoms with van der Waals surface area (Å²) in [5, 5.41) is 8.93. The summed E-state index contributed by atoms with van der Waals surface area (Å²) in [6, 6.07) is 13.4. The van der Waals surface area contributed by atoms with Crippen LogP contribution in [0.15, 0.2) is 61.2 Å². The standard InChI is InChI=1S/C29H37NO8/c1-6-16-37-28(34)30(24(27(33)38-29(2,3)4)18-21-11-8-7-9-12-21)20-22-14-15-23(35-5)19-25(22)36-17-10-13-26(31)32/h6-9,11-12,14-15,19,24H,1,10,13,16-18,20H2,2-5H3,(H,31,32). The molecular formula is C29H37NO8. The number of benzene rings is 2. The molecule has 9 heteroatoms. The van der Waals surface area contributed by atoms with Crippen LogP contribution in [0.5, 0.6) is 11.5 Å². The second-order valence-corrected chi connectivity index (χ2v) is 9.55. The summed E-state index contributed by atoms with van der Waals surface area (Å²) in [5.41, 5.74) is 0.643. The third kappa shape index (κ3) is 10.2. The lowest BCUT2D eigenvalue weighted by molar-refractivity contribution is -0.161. The van der Waals surface area contributed by atoms with Crippen molar-refractivity contribution in [2.75, 3.05) is 20.3 Å². The van der Waals surface area contributed by atoms with Gasteiger partial charge in [-0.05, 0) is 44.9 Å². The zero-order valence-electron chi connectivity index (χ0n) is 22.5. The number of esters is 1. The van der Waals surface area contributed by atoms with E-state index in [1.807, 2.05) is 30.3 Å². The maximum Gasteiger partial charge on any atom is 0.411 e. The third-order valence-corrected chi connectivity index (χ3v) is 5.29. The molecule has 0 bridgehead atoms. The molecule has 1 amide bonds. The molecule has 0 spiro atoms. The molecule has 1 atom stereocenters. The molecular weight excluding hydrogens is 490 g/mol. The zero-order chi connectivity index (χ0) is 28.1. The van der Waals surface area contributed by atoms with E-state index in [1.54, 1.807) is 39.0 Å². The Morgan fingerprint density at radius 1 is 1.11 bits per heavy atom. The number of hydrogen-bond donors (Lipinski definition) is 1. The molecule has 0 fully saturated rings. The number of amides is 1. The van der Waals surface area contributed by atoms with E-state index in [-0.39, 0.29) is 32.6 Å². The maximum atomic E-state index is 13.4. The Bertz CT molecular complexity index is 1080. The number of rotatable bonds is 14. The van der Waals surface area contributed by atoms with Crippen molar-refractivity contribution in [3.8, 4) is 11.5 Å². The van der Waals surface area contributed by atoms with Crippen molar-refractivity contribution < 1.29 is 38.4 Å². The molecule has 9 nitrogen and oxygen atoms in total. The van der Waals surface area contributed by atoms with E-state index >= 15 is 0 Å². The van der Waals surface area contributed by atoms with Crippen LogP contribution in [0.1, 0.15) is 44.7 Å². The first-order chi connectivity index (χ1) is 18.0. The number of carbonyl (C=O) groups excluding carboxylic acids is 2. The number of carbonyl (C=O) groups is 3. The Hall–Kier alpha value is -4.01. The number of carboxylic acids is 1. The highest BCUT2D eigenvalue weighted by molar-refractivity contribution is 5.82. The van der Waals surface area contributed by atoms with Gasteiger partial charge in [-0.3, -0.25) is 9.69 Å². The lowest BCUT2D eigenvalue weighted by Gasteiger charge is -2.32. The summed E-state index contributed by atoms with van der Waals surface area (Å²) >= 11 is 0. The zero-order valence-corrected chi connectivity index (χ0v) is 22.5. The minimum Gasteiger partial charge on any atom is -0.497 e. The number of carboxylic acid groups (broad SMARTS) is 1. The second-order valence-electron chi connectivity index (χ2n) is 9.55. The highest BCUT2D eigenvalue weighted by Gasteiger charge is 2.35. The average Bonchev–Trinajstić information content (AvgIpc) is 2.87. The van der Waals surface area contributed by atoms with Crippen molar-refractivity contribution in [2.24, 2.45) is 0 Å². The maximum absolute atomic E-state index is 13.4. The van der Waals surface area contributed by atoms with E-state index in [9.17, 15) is 14.4 Å². The summed E-state index contributed by atoms with van der Waals surface area (Å²) in [4.78, 5) is 38.9. The monoisotopic (exact) mass is 527 g/mol. The van der Waals surface area contributed by atoms with Gasteiger partial charge >= 0.3 is 18.0 Å². The molecule has 0 saturated heterocycles. The molecule has 206 valence electrons. The quantitative estimate of drug-likeness (QED) is 0.207. The molecule has 2 rings (SSSR count). The predicted octanol–water partition coefficient (Wildman–Crippen LogP) is 5.02. The predicted molar refractivity (Wildman–Crippen MR) is 142 cm³/mol. The van der Waals surface area contributed by atoms with Crippen LogP contribution in [-0.2, 0) is 32.0 Å². The Morgan fingerprint density at radius 2 is 1.82 bits per heavy atom. The van der Waals surface area contributed by atoms with Gasteiger partial charge in [0.15, 0.2) is 0 Å². The summed E-state index contributed by atoms with van der Waals surface area (Å²) in [7, 11) is 1.51. The Balaban J connectivity index is 2.47. The van der Waals surface area contributed by atoms with Gasteiger partial charge in [0.25, 0.3) is 0 Å². The van der Waals surface area contributed by atoms with Crippen LogP contribution >= 0.6 is 0 Å². The van der Waals surface area contributed by atoms with Gasteiger partial charge in [0.2, 0.25) is 0 Å². The molecule has 0 saturated carbocycles. The highest BCUT2D eigenvalue weighted by Crippen LogP contribution is 2.28. The van der Waals surface area contributed by atoms with Gasteiger partial charge in [-0.1, -0.05) is 43.0 Å². The van der Waals surface area contributed by atoms with Crippen LogP contribution in [0.2, 0.25) is 0 Å². The number of methoxy groups -OCH3 is 1. The molecule has 0 radical (unpaired) electrons. The molecule has 2 aromatic rings. The van der Waals surface area contributed by atoms with Crippen molar-refractivity contribution in [3.63, 3.8) is 0 Å². The number of nitrogens with zero attached hydrogens (tertiary/aromatic N) is 1. The van der Waals surface area contributed by atoms with Gasteiger partial charge in [0.1, 0.15) is 29.7 Å². The van der Waals surface area contributed by atoms with Crippen LogP contribution in [0, 0.1) is 0 Å². The third-order valence-electron chi connectivity index (χ3n) is 5.29. The van der Waals surface area contributed by atoms with Crippen molar-refractivity contribution in [2.45, 2.75) is 58.2 Å². The normalized spacial score (nSPS) is 11.7. The lowest BCUT2D eigenvalue weighted by atomic mass is 10.0. The van der Waals surface area contributed by atoms with E-state index in [1.165, 1.54) is 18.1 Å². The van der Waals surface area contributed by atoms with E-state index in [0.29, 0.717) is 23.5 Å². The molecule has 2 aromatic carbocycles. The fraction of sp³-hybridized carbons (Fsp3) is 0.414. The minimum atomic E-state index is -1.00. The van der Waals surface area contributed by atoms with Crippen LogP contribution in [-0.4, -0.2) is 60.0 Å². The molecule has 1 N–H and O–H groups in total. The molecule has 0 aliphatic carbocycles. The summed E-state index contributed by atoms with van der Waals surface area (Å²) < 4.78 is 22.3. The van der Waals surface area contributed by atoms with E-state index in [4.69, 9.17) is 24.1 Å². The van der Waals surface area contributed by atoms with Gasteiger partial charge in [-0.25, -0.2) is 9.59 Å². The second kappa shape index (κ2) is 14.7. The van der Waals surface area contributed by atoms with Crippen LogP contribution in [0.4, 0.5) is 4.79 Å². The van der Waals surface area contributed by atoms with Crippen LogP contribution in [0.25, 0.3) is 0 Å². The molecule has 0 aliphatic heterocycles. The summed E-state index contributed by atoms with van der Waals surface area (Å²) in [6.07, 6.45) is 1.18. The molecule has 0 aliphatic rings. The molecule has 0 heterocycles. The topological polar surface area (TPSA) is 112 Å². The Morgan fingerprint density at radius 3 is 2.42 bits per heavy atom. The molecule has 0 aromatic heterocycles. The Labute approximate surface area is 223 Å². The highest BCUT2D eigenvalue weighted by atomic mass is 16.6. The van der Waals surface area contributed by atoms with Crippen molar-refractivity contribution >= 4 is 18.0 Å². The number of aliphatic carboxylic acids is 1. The van der Waals surface area contributed by atoms with Gasteiger partial charge in [-0.2, -0.15) is 0 Å². The number of ether oxygens (including phenoxy) is 4. The van der Waals surface area contributed by atoms with Crippen molar-refractivity contribution in [3.05, 3.63) is 72.3 Å². The SMILES string of the molecule is C=CCOC(=O)N(Cc1ccc(OC)cc1OCCCC(=O)O)C(Cc1ccccc1)C(=O)OC(C)(C)C. The molecule has 1 unspecified atom stereocenters. The Kier molecular flexibility index (Phi) is 11.7. The van der Waals surface area contributed by atoms with Crippen LogP contribution in [0.3, 0.4) is 0 Å². The molecule has 38 heavy (non-hydrogen) atoms. The first-order valence-electron chi connectivity index (χ1n) is 12.4. The van der Waals surface area contributed by atoms with Gasteiger partial charge in [0, 0.05) is 24.5 Å². The van der Waals surface area contributed by atoms with E-state index < -0.39 is 29.7 Å². The fourth-order valence-corrected chi connectivity index (χ4v) is 3.56. The first kappa shape index (κ1) is 30.2. The van der Waals surface area contributed by atoms with Crippen molar-refractivity contribution in [1.29, 1.82) is 0 Å². The largest absolute Gasteiger partial charge is 0.497 e. The van der Waals surface area contributed by atoms with Crippen LogP contribution < -0.4 is 9.47 Å². The van der Waals surface area contributed by atoms with Gasteiger partial charge in [-0.15, -0.1) is 0 Å². The van der Waals surface area contributed by atoms with Gasteiger partial charge in [0.05, 0.1) is 20.3 Å².